The highest BCUT2D eigenvalue weighted by molar-refractivity contribution is 5.66. The van der Waals surface area contributed by atoms with E-state index in [1.807, 2.05) is 11.7 Å². The zero-order valence-corrected chi connectivity index (χ0v) is 10.3. The van der Waals surface area contributed by atoms with E-state index in [0.29, 0.717) is 0 Å². The largest absolute Gasteiger partial charge is 0.324 e. The van der Waals surface area contributed by atoms with Gasteiger partial charge in [-0.25, -0.2) is 0 Å². The van der Waals surface area contributed by atoms with Gasteiger partial charge in [0.25, 0.3) is 0 Å². The highest BCUT2D eigenvalue weighted by Gasteiger charge is 2.27. The first-order valence-electron chi connectivity index (χ1n) is 6.05. The van der Waals surface area contributed by atoms with Crippen LogP contribution >= 0.6 is 0 Å². The van der Waals surface area contributed by atoms with Crippen LogP contribution in [0.3, 0.4) is 0 Å². The minimum absolute atomic E-state index is 0.147. The minimum Gasteiger partial charge on any atom is -0.324 e. The third-order valence-electron chi connectivity index (χ3n) is 3.56. The zero-order valence-electron chi connectivity index (χ0n) is 10.3. The lowest BCUT2D eigenvalue weighted by molar-refractivity contribution is 0.672. The summed E-state index contributed by atoms with van der Waals surface area (Å²) < 4.78 is 1.99. The third kappa shape index (κ3) is 1.58. The van der Waals surface area contributed by atoms with E-state index in [2.05, 4.69) is 36.3 Å². The molecule has 1 atom stereocenters. The van der Waals surface area contributed by atoms with Crippen LogP contribution in [0, 0.1) is 6.92 Å². The van der Waals surface area contributed by atoms with Gasteiger partial charge in [0.15, 0.2) is 0 Å². The lowest BCUT2D eigenvalue weighted by Crippen LogP contribution is -2.06. The van der Waals surface area contributed by atoms with Crippen LogP contribution in [-0.4, -0.2) is 9.78 Å². The summed E-state index contributed by atoms with van der Waals surface area (Å²) in [6.45, 7) is 2.10. The molecule has 0 aliphatic heterocycles. The molecule has 0 amide bonds. The molecule has 1 aromatic carbocycles. The van der Waals surface area contributed by atoms with Crippen molar-refractivity contribution < 1.29 is 0 Å². The number of benzene rings is 1. The van der Waals surface area contributed by atoms with Gasteiger partial charge < -0.3 is 5.73 Å². The normalized spacial score (nSPS) is 18.4. The van der Waals surface area contributed by atoms with Crippen LogP contribution in [0.5, 0.6) is 0 Å². The Morgan fingerprint density at radius 3 is 3.00 bits per heavy atom. The van der Waals surface area contributed by atoms with Gasteiger partial charge in [-0.15, -0.1) is 0 Å². The van der Waals surface area contributed by atoms with E-state index in [0.717, 1.165) is 18.5 Å². The molecule has 3 nitrogen and oxygen atoms in total. The van der Waals surface area contributed by atoms with Crippen molar-refractivity contribution in [3.8, 4) is 11.3 Å². The first kappa shape index (κ1) is 10.5. The second-order valence-electron chi connectivity index (χ2n) is 4.85. The van der Waals surface area contributed by atoms with Crippen molar-refractivity contribution in [1.82, 2.24) is 9.78 Å². The second kappa shape index (κ2) is 3.70. The van der Waals surface area contributed by atoms with Crippen molar-refractivity contribution in [1.29, 1.82) is 0 Å². The van der Waals surface area contributed by atoms with Crippen molar-refractivity contribution in [3.63, 3.8) is 0 Å². The molecule has 88 valence electrons. The van der Waals surface area contributed by atoms with E-state index in [9.17, 15) is 0 Å². The van der Waals surface area contributed by atoms with Gasteiger partial charge in [-0.1, -0.05) is 23.8 Å². The Morgan fingerprint density at radius 1 is 1.41 bits per heavy atom. The Labute approximate surface area is 101 Å². The molecule has 17 heavy (non-hydrogen) atoms. The molecule has 2 N–H and O–H groups in total. The molecule has 0 bridgehead atoms. The van der Waals surface area contributed by atoms with Gasteiger partial charge in [0.2, 0.25) is 0 Å². The van der Waals surface area contributed by atoms with Crippen molar-refractivity contribution in [2.75, 3.05) is 0 Å². The third-order valence-corrected chi connectivity index (χ3v) is 3.56. The van der Waals surface area contributed by atoms with E-state index < -0.39 is 0 Å². The molecule has 0 spiro atoms. The molecular formula is C14H17N3. The molecule has 1 unspecified atom stereocenters. The summed E-state index contributed by atoms with van der Waals surface area (Å²) in [5, 5.41) is 4.63. The molecule has 0 saturated carbocycles. The molecule has 0 saturated heterocycles. The maximum absolute atomic E-state index is 6.18. The fourth-order valence-electron chi connectivity index (χ4n) is 2.70. The second-order valence-corrected chi connectivity index (χ2v) is 4.85. The Hall–Kier alpha value is -1.61. The highest BCUT2D eigenvalue weighted by Crippen LogP contribution is 2.36. The molecule has 2 aromatic rings. The topological polar surface area (TPSA) is 43.8 Å². The van der Waals surface area contributed by atoms with Gasteiger partial charge >= 0.3 is 0 Å². The van der Waals surface area contributed by atoms with E-state index in [1.54, 1.807) is 0 Å². The standard InChI is InChI=1S/C14H17N3/c1-9-4-3-5-10(8-9)14-13-11(15)6-7-12(13)17(2)16-14/h3-5,8,11H,6-7,15H2,1-2H3. The summed E-state index contributed by atoms with van der Waals surface area (Å²) in [5.41, 5.74) is 12.2. The van der Waals surface area contributed by atoms with Crippen molar-refractivity contribution in [3.05, 3.63) is 41.1 Å². The van der Waals surface area contributed by atoms with Crippen LogP contribution in [0.25, 0.3) is 11.3 Å². The van der Waals surface area contributed by atoms with E-state index >= 15 is 0 Å². The maximum Gasteiger partial charge on any atom is 0.0973 e. The minimum atomic E-state index is 0.147. The van der Waals surface area contributed by atoms with Gasteiger partial charge in [0.05, 0.1) is 5.69 Å². The predicted molar refractivity (Wildman–Crippen MR) is 68.6 cm³/mol. The monoisotopic (exact) mass is 227 g/mol. The number of aryl methyl sites for hydroxylation is 2. The summed E-state index contributed by atoms with van der Waals surface area (Å²) >= 11 is 0. The average molecular weight is 227 g/mol. The molecule has 0 radical (unpaired) electrons. The van der Waals surface area contributed by atoms with E-state index in [4.69, 9.17) is 5.73 Å². The van der Waals surface area contributed by atoms with Crippen LogP contribution in [0.4, 0.5) is 0 Å². The van der Waals surface area contributed by atoms with Crippen LogP contribution < -0.4 is 5.73 Å². The number of hydrogen-bond donors (Lipinski definition) is 1. The van der Waals surface area contributed by atoms with Gasteiger partial charge in [-0.3, -0.25) is 4.68 Å². The number of fused-ring (bicyclic) bond motifs is 1. The van der Waals surface area contributed by atoms with Crippen molar-refractivity contribution >= 4 is 0 Å². The Bertz CT molecular complexity index is 569. The Morgan fingerprint density at radius 2 is 2.24 bits per heavy atom. The first-order chi connectivity index (χ1) is 8.16. The number of rotatable bonds is 1. The van der Waals surface area contributed by atoms with Gasteiger partial charge in [0.1, 0.15) is 0 Å². The highest BCUT2D eigenvalue weighted by atomic mass is 15.3. The summed E-state index contributed by atoms with van der Waals surface area (Å²) in [4.78, 5) is 0. The number of nitrogens with zero attached hydrogens (tertiary/aromatic N) is 2. The summed E-state index contributed by atoms with van der Waals surface area (Å²) in [7, 11) is 2.01. The Kier molecular flexibility index (Phi) is 2.30. The molecule has 3 heteroatoms. The quantitative estimate of drug-likeness (QED) is 0.812. The Balaban J connectivity index is 2.19. The van der Waals surface area contributed by atoms with Gasteiger partial charge in [0, 0.05) is 29.9 Å². The molecule has 3 rings (SSSR count). The van der Waals surface area contributed by atoms with E-state index in [-0.39, 0.29) is 6.04 Å². The summed E-state index contributed by atoms with van der Waals surface area (Å²) in [6, 6.07) is 8.61. The fraction of sp³-hybridized carbons (Fsp3) is 0.357. The lowest BCUT2D eigenvalue weighted by atomic mass is 10.0. The average Bonchev–Trinajstić information content (AvgIpc) is 2.82. The molecule has 1 aliphatic carbocycles. The van der Waals surface area contributed by atoms with E-state index in [1.165, 1.54) is 22.4 Å². The summed E-state index contributed by atoms with van der Waals surface area (Å²) in [5.74, 6) is 0. The molecular weight excluding hydrogens is 210 g/mol. The predicted octanol–water partition coefficient (Wildman–Crippen LogP) is 2.34. The number of nitrogens with two attached hydrogens (primary N) is 1. The van der Waals surface area contributed by atoms with Crippen molar-refractivity contribution in [2.24, 2.45) is 12.8 Å². The lowest BCUT2D eigenvalue weighted by Gasteiger charge is -2.06. The van der Waals surface area contributed by atoms with Crippen LogP contribution in [0.1, 0.15) is 29.3 Å². The molecule has 1 heterocycles. The molecule has 1 aromatic heterocycles. The molecule has 0 fully saturated rings. The first-order valence-corrected chi connectivity index (χ1v) is 6.05. The van der Waals surface area contributed by atoms with Gasteiger partial charge in [-0.2, -0.15) is 5.10 Å². The van der Waals surface area contributed by atoms with Crippen LogP contribution in [0.2, 0.25) is 0 Å². The van der Waals surface area contributed by atoms with Crippen molar-refractivity contribution in [2.45, 2.75) is 25.8 Å². The molecule has 1 aliphatic rings. The smallest absolute Gasteiger partial charge is 0.0973 e. The van der Waals surface area contributed by atoms with Crippen LogP contribution in [-0.2, 0) is 13.5 Å². The zero-order chi connectivity index (χ0) is 12.0. The van der Waals surface area contributed by atoms with Crippen LogP contribution in [0.15, 0.2) is 24.3 Å². The number of hydrogen-bond acceptors (Lipinski definition) is 2. The SMILES string of the molecule is Cc1cccc(-c2nn(C)c3c2C(N)CC3)c1. The maximum atomic E-state index is 6.18. The van der Waals surface area contributed by atoms with Gasteiger partial charge in [-0.05, 0) is 25.8 Å². The number of aromatic nitrogens is 2. The fourth-order valence-corrected chi connectivity index (χ4v) is 2.70. The summed E-state index contributed by atoms with van der Waals surface area (Å²) in [6.07, 6.45) is 2.09.